The number of fused-ring (bicyclic) bond motifs is 1. The molecule has 0 aliphatic carbocycles. The quantitative estimate of drug-likeness (QED) is 0.221. The second kappa shape index (κ2) is 12.9. The summed E-state index contributed by atoms with van der Waals surface area (Å²) in [6.45, 7) is 4.23. The zero-order chi connectivity index (χ0) is 23.6. The average molecular weight is 469 g/mol. The predicted octanol–water partition coefficient (Wildman–Crippen LogP) is 6.24. The minimum absolute atomic E-state index is 0.0255. The Morgan fingerprint density at radius 3 is 2.41 bits per heavy atom. The maximum Gasteiger partial charge on any atom is 0.343 e. The summed E-state index contributed by atoms with van der Waals surface area (Å²) in [5.41, 5.74) is 1.38. The molecular weight excluding hydrogens is 432 g/mol. The average Bonchev–Trinajstić information content (AvgIpc) is 2.88. The highest BCUT2D eigenvalue weighted by Gasteiger charge is 2.35. The zero-order valence-corrected chi connectivity index (χ0v) is 20.1. The predicted molar refractivity (Wildman–Crippen MR) is 129 cm³/mol. The number of unbranched alkanes of at least 4 members (excludes halogenated alkanes) is 5. The molecule has 4 rings (SSSR count). The summed E-state index contributed by atoms with van der Waals surface area (Å²) in [6.07, 6.45) is 9.05. The zero-order valence-electron chi connectivity index (χ0n) is 20.1. The molecule has 0 bridgehead atoms. The summed E-state index contributed by atoms with van der Waals surface area (Å²) < 4.78 is 28.9. The third-order valence-electron chi connectivity index (χ3n) is 6.31. The molecule has 0 unspecified atom stereocenters. The highest BCUT2D eigenvalue weighted by Crippen LogP contribution is 2.32. The number of ether oxygens (including phenoxy) is 5. The minimum Gasteiger partial charge on any atom is -0.494 e. The van der Waals surface area contributed by atoms with Crippen molar-refractivity contribution in [2.24, 2.45) is 0 Å². The fraction of sp³-hybridized carbons (Fsp3) is 0.536. The topological polar surface area (TPSA) is 63.2 Å². The van der Waals surface area contributed by atoms with Gasteiger partial charge in [0.05, 0.1) is 24.9 Å². The van der Waals surface area contributed by atoms with Crippen LogP contribution < -0.4 is 9.47 Å². The summed E-state index contributed by atoms with van der Waals surface area (Å²) in [4.78, 5) is 12.5. The Hall–Kier alpha value is -2.41. The minimum atomic E-state index is -0.420. The molecule has 2 aromatic rings. The molecular formula is C28H36O6. The maximum atomic E-state index is 12.5. The van der Waals surface area contributed by atoms with Crippen molar-refractivity contribution in [2.75, 3.05) is 19.8 Å². The van der Waals surface area contributed by atoms with Crippen LogP contribution in [0.1, 0.15) is 80.5 Å². The van der Waals surface area contributed by atoms with Gasteiger partial charge in [-0.3, -0.25) is 0 Å². The fourth-order valence-electron chi connectivity index (χ4n) is 4.30. The van der Waals surface area contributed by atoms with Crippen molar-refractivity contribution in [3.8, 4) is 11.5 Å². The fourth-order valence-corrected chi connectivity index (χ4v) is 4.30. The van der Waals surface area contributed by atoms with Crippen molar-refractivity contribution < 1.29 is 28.5 Å². The van der Waals surface area contributed by atoms with Gasteiger partial charge in [0, 0.05) is 12.2 Å². The number of benzene rings is 2. The molecule has 0 amide bonds. The molecule has 6 heteroatoms. The highest BCUT2D eigenvalue weighted by atomic mass is 16.7. The SMILES string of the molecule is CCCCCCCCOc1ccc(C(=O)Oc2ccc([C@@H]3OC[C@H]4OCCC[C@@H]4O3)cc2)cc1. The number of hydrogen-bond acceptors (Lipinski definition) is 6. The van der Waals surface area contributed by atoms with E-state index in [9.17, 15) is 4.79 Å². The molecule has 2 fully saturated rings. The van der Waals surface area contributed by atoms with Crippen molar-refractivity contribution in [1.29, 1.82) is 0 Å². The van der Waals surface area contributed by atoms with E-state index in [-0.39, 0.29) is 12.2 Å². The Bertz CT molecular complexity index is 879. The van der Waals surface area contributed by atoms with Crippen molar-refractivity contribution in [2.45, 2.75) is 76.8 Å². The van der Waals surface area contributed by atoms with Gasteiger partial charge in [0.25, 0.3) is 0 Å². The van der Waals surface area contributed by atoms with Gasteiger partial charge in [-0.15, -0.1) is 0 Å². The summed E-state index contributed by atoms with van der Waals surface area (Å²) in [6, 6.07) is 14.4. The van der Waals surface area contributed by atoms with Crippen molar-refractivity contribution >= 4 is 5.97 Å². The Labute approximate surface area is 202 Å². The third kappa shape index (κ3) is 7.05. The lowest BCUT2D eigenvalue weighted by atomic mass is 10.0. The summed E-state index contributed by atoms with van der Waals surface area (Å²) in [5.74, 6) is 0.849. The molecule has 0 N–H and O–H groups in total. The molecule has 0 spiro atoms. The van der Waals surface area contributed by atoms with Crippen molar-refractivity contribution in [1.82, 2.24) is 0 Å². The first-order valence-electron chi connectivity index (χ1n) is 12.7. The molecule has 6 nitrogen and oxygen atoms in total. The van der Waals surface area contributed by atoms with Crippen LogP contribution in [0.2, 0.25) is 0 Å². The molecule has 0 radical (unpaired) electrons. The van der Waals surface area contributed by atoms with E-state index in [2.05, 4.69) is 6.92 Å². The number of esters is 1. The second-order valence-corrected chi connectivity index (χ2v) is 8.99. The van der Waals surface area contributed by atoms with E-state index in [0.29, 0.717) is 24.5 Å². The van der Waals surface area contributed by atoms with Gasteiger partial charge in [-0.05, 0) is 55.7 Å². The molecule has 184 valence electrons. The Kier molecular flexibility index (Phi) is 9.36. The van der Waals surface area contributed by atoms with Gasteiger partial charge >= 0.3 is 5.97 Å². The highest BCUT2D eigenvalue weighted by molar-refractivity contribution is 5.91. The standard InChI is InChI=1S/C28H36O6/c1-2-3-4-5-6-7-18-30-23-14-10-21(11-15-23)27(29)33-24-16-12-22(13-17-24)28-32-20-26-25(34-28)9-8-19-31-26/h10-17,25-26,28H,2-9,18-20H2,1H3/t25-,26+,28+/m0/s1. The Morgan fingerprint density at radius 1 is 0.882 bits per heavy atom. The summed E-state index contributed by atoms with van der Waals surface area (Å²) in [5, 5.41) is 0. The molecule has 2 aromatic carbocycles. The van der Waals surface area contributed by atoms with Crippen LogP contribution in [0.3, 0.4) is 0 Å². The smallest absolute Gasteiger partial charge is 0.343 e. The van der Waals surface area contributed by atoms with Crippen LogP contribution >= 0.6 is 0 Å². The van der Waals surface area contributed by atoms with Gasteiger partial charge in [-0.2, -0.15) is 0 Å². The Balaban J connectivity index is 1.21. The van der Waals surface area contributed by atoms with Crippen LogP contribution in [-0.2, 0) is 14.2 Å². The summed E-state index contributed by atoms with van der Waals surface area (Å²) >= 11 is 0. The largest absolute Gasteiger partial charge is 0.494 e. The van der Waals surface area contributed by atoms with E-state index in [1.807, 2.05) is 24.3 Å². The van der Waals surface area contributed by atoms with Gasteiger partial charge in [0.15, 0.2) is 6.29 Å². The van der Waals surface area contributed by atoms with Crippen LogP contribution in [0, 0.1) is 0 Å². The molecule has 0 saturated carbocycles. The first kappa shape index (κ1) is 24.7. The number of hydrogen-bond donors (Lipinski definition) is 0. The van der Waals surface area contributed by atoms with Crippen LogP contribution in [0.5, 0.6) is 11.5 Å². The summed E-state index contributed by atoms with van der Waals surface area (Å²) in [7, 11) is 0. The van der Waals surface area contributed by atoms with E-state index in [1.165, 1.54) is 32.1 Å². The lowest BCUT2D eigenvalue weighted by Crippen LogP contribution is -2.44. The first-order chi connectivity index (χ1) is 16.7. The molecule has 2 saturated heterocycles. The monoisotopic (exact) mass is 468 g/mol. The molecule has 2 heterocycles. The van der Waals surface area contributed by atoms with E-state index < -0.39 is 12.3 Å². The normalized spacial score (nSPS) is 22.1. The maximum absolute atomic E-state index is 12.5. The molecule has 34 heavy (non-hydrogen) atoms. The number of carbonyl (C=O) groups excluding carboxylic acids is 1. The van der Waals surface area contributed by atoms with Crippen LogP contribution in [0.25, 0.3) is 0 Å². The van der Waals surface area contributed by atoms with Gasteiger partial charge in [-0.25, -0.2) is 4.79 Å². The van der Waals surface area contributed by atoms with E-state index in [4.69, 9.17) is 23.7 Å². The molecule has 2 aliphatic rings. The number of carbonyl (C=O) groups is 1. The van der Waals surface area contributed by atoms with Gasteiger partial charge in [0.2, 0.25) is 0 Å². The van der Waals surface area contributed by atoms with E-state index in [1.54, 1.807) is 24.3 Å². The van der Waals surface area contributed by atoms with Crippen molar-refractivity contribution in [3.63, 3.8) is 0 Å². The van der Waals surface area contributed by atoms with Crippen molar-refractivity contribution in [3.05, 3.63) is 59.7 Å². The van der Waals surface area contributed by atoms with E-state index >= 15 is 0 Å². The molecule has 3 atom stereocenters. The van der Waals surface area contributed by atoms with Crippen LogP contribution in [0.4, 0.5) is 0 Å². The van der Waals surface area contributed by atoms with Gasteiger partial charge in [-0.1, -0.05) is 51.2 Å². The number of rotatable bonds is 11. The Morgan fingerprint density at radius 2 is 1.62 bits per heavy atom. The van der Waals surface area contributed by atoms with E-state index in [0.717, 1.165) is 37.2 Å². The van der Waals surface area contributed by atoms with Crippen LogP contribution in [0.15, 0.2) is 48.5 Å². The molecule has 0 aromatic heterocycles. The van der Waals surface area contributed by atoms with Gasteiger partial charge < -0.3 is 23.7 Å². The first-order valence-corrected chi connectivity index (χ1v) is 12.7. The van der Waals surface area contributed by atoms with Crippen LogP contribution in [-0.4, -0.2) is 38.0 Å². The second-order valence-electron chi connectivity index (χ2n) is 8.99. The lowest BCUT2D eigenvalue weighted by Gasteiger charge is -2.39. The lowest BCUT2D eigenvalue weighted by molar-refractivity contribution is -0.277. The third-order valence-corrected chi connectivity index (χ3v) is 6.31. The van der Waals surface area contributed by atoms with Gasteiger partial charge in [0.1, 0.15) is 17.6 Å². The molecule has 2 aliphatic heterocycles.